The number of carbonyl (C=O) groups excluding carboxylic acids is 1. The summed E-state index contributed by atoms with van der Waals surface area (Å²) in [5.74, 6) is 0. The van der Waals surface area contributed by atoms with Gasteiger partial charge in [0.1, 0.15) is 6.73 Å². The number of aliphatic hydroxyl groups excluding tert-OH is 2. The van der Waals surface area contributed by atoms with Crippen molar-refractivity contribution < 1.29 is 19.8 Å². The van der Waals surface area contributed by atoms with Crippen molar-refractivity contribution in [2.45, 2.75) is 0 Å². The van der Waals surface area contributed by atoms with Crippen molar-refractivity contribution >= 4 is 6.03 Å². The van der Waals surface area contributed by atoms with Gasteiger partial charge in [-0.3, -0.25) is 0 Å². The highest BCUT2D eigenvalue weighted by molar-refractivity contribution is 5.70. The maximum atomic E-state index is 10.1. The summed E-state index contributed by atoms with van der Waals surface area (Å²) < 4.78 is 0. The fourth-order valence-corrected chi connectivity index (χ4v) is 0.244. The average molecular weight is 136 g/mol. The van der Waals surface area contributed by atoms with Gasteiger partial charge >= 0.3 is 6.03 Å². The van der Waals surface area contributed by atoms with Crippen molar-refractivity contribution in [3.8, 4) is 0 Å². The summed E-state index contributed by atoms with van der Waals surface area (Å²) in [6.45, 7) is -1.36. The molecule has 0 saturated carbocycles. The Kier molecular flexibility index (Phi) is 3.69. The first kappa shape index (κ1) is 8.15. The molecule has 0 bridgehead atoms. The van der Waals surface area contributed by atoms with Crippen LogP contribution in [0, 0.1) is 0 Å². The van der Waals surface area contributed by atoms with Gasteiger partial charge in [0.15, 0.2) is 6.79 Å². The van der Waals surface area contributed by atoms with Crippen LogP contribution in [0.1, 0.15) is 0 Å². The Morgan fingerprint density at radius 2 is 2.22 bits per heavy atom. The number of aliphatic hydroxyl groups is 2. The predicted octanol–water partition coefficient (Wildman–Crippen LogP) is -1.80. The molecule has 9 heavy (non-hydrogen) atoms. The first-order valence-corrected chi connectivity index (χ1v) is 2.14. The van der Waals surface area contributed by atoms with Crippen molar-refractivity contribution in [3.63, 3.8) is 0 Å². The van der Waals surface area contributed by atoms with Gasteiger partial charge in [-0.1, -0.05) is 0 Å². The monoisotopic (exact) mass is 136 g/mol. The average Bonchev–Trinajstić information content (AvgIpc) is 1.82. The van der Waals surface area contributed by atoms with Gasteiger partial charge in [0, 0.05) is 0 Å². The molecule has 0 atom stereocenters. The molecule has 6 heteroatoms. The molecular weight excluding hydrogens is 128 g/mol. The number of carbonyl (C=O) groups is 1. The maximum Gasteiger partial charge on any atom is 0.341 e. The van der Waals surface area contributed by atoms with Gasteiger partial charge < -0.3 is 15.9 Å². The lowest BCUT2D eigenvalue weighted by molar-refractivity contribution is -0.200. The molecule has 0 aromatic rings. The third kappa shape index (κ3) is 2.85. The molecule has 0 aliphatic heterocycles. The van der Waals surface area contributed by atoms with E-state index in [1.54, 1.807) is 0 Å². The first-order valence-electron chi connectivity index (χ1n) is 2.14. The molecule has 4 N–H and O–H groups in total. The number of hydroxylamine groups is 2. The largest absolute Gasteiger partial charge is 0.374 e. The number of primary amides is 1. The van der Waals surface area contributed by atoms with E-state index in [4.69, 9.17) is 10.2 Å². The minimum Gasteiger partial charge on any atom is -0.374 e. The molecule has 54 valence electrons. The Morgan fingerprint density at radius 3 is 2.33 bits per heavy atom. The summed E-state index contributed by atoms with van der Waals surface area (Å²) in [6.07, 6.45) is 0. The van der Waals surface area contributed by atoms with Gasteiger partial charge in [0.2, 0.25) is 0 Å². The standard InChI is InChI=1S/C3H8N2O4/c4-3(8)5(1-6)9-2-7/h6-7H,1-2H2,(H2,4,8). The Morgan fingerprint density at radius 1 is 1.67 bits per heavy atom. The van der Waals surface area contributed by atoms with Crippen LogP contribution in [0.3, 0.4) is 0 Å². The summed E-state index contributed by atoms with van der Waals surface area (Å²) in [4.78, 5) is 14.2. The molecule has 0 aliphatic rings. The number of nitrogens with zero attached hydrogens (tertiary/aromatic N) is 1. The van der Waals surface area contributed by atoms with E-state index in [1.807, 2.05) is 0 Å². The Bertz CT molecular complexity index is 95.8. The van der Waals surface area contributed by atoms with Gasteiger partial charge in [-0.25, -0.2) is 9.63 Å². The minimum absolute atomic E-state index is 0.417. The van der Waals surface area contributed by atoms with Crippen LogP contribution in [0.5, 0.6) is 0 Å². The number of hydrogen-bond acceptors (Lipinski definition) is 4. The third-order valence-electron chi connectivity index (χ3n) is 0.588. The number of nitrogens with two attached hydrogens (primary N) is 1. The van der Waals surface area contributed by atoms with Crippen LogP contribution >= 0.6 is 0 Å². The second-order valence-corrected chi connectivity index (χ2v) is 1.12. The number of hydrogen-bond donors (Lipinski definition) is 3. The summed E-state index contributed by atoms with van der Waals surface area (Å²) in [6, 6.07) is -0.952. The minimum atomic E-state index is -0.952. The SMILES string of the molecule is NC(=O)N(CO)OCO. The van der Waals surface area contributed by atoms with E-state index in [2.05, 4.69) is 10.6 Å². The molecule has 0 radical (unpaired) electrons. The van der Waals surface area contributed by atoms with Crippen LogP contribution in [-0.2, 0) is 4.84 Å². The smallest absolute Gasteiger partial charge is 0.341 e. The van der Waals surface area contributed by atoms with Crippen molar-refractivity contribution in [2.75, 3.05) is 13.5 Å². The summed E-state index contributed by atoms with van der Waals surface area (Å²) in [5.41, 5.74) is 4.62. The zero-order valence-electron chi connectivity index (χ0n) is 4.65. The van der Waals surface area contributed by atoms with Crippen LogP contribution in [0.15, 0.2) is 0 Å². The van der Waals surface area contributed by atoms with E-state index in [0.29, 0.717) is 5.06 Å². The van der Waals surface area contributed by atoms with E-state index >= 15 is 0 Å². The van der Waals surface area contributed by atoms with Crippen molar-refractivity contribution in [2.24, 2.45) is 5.73 Å². The van der Waals surface area contributed by atoms with Crippen molar-refractivity contribution in [3.05, 3.63) is 0 Å². The van der Waals surface area contributed by atoms with E-state index in [-0.39, 0.29) is 0 Å². The molecule has 0 fully saturated rings. The fraction of sp³-hybridized carbons (Fsp3) is 0.667. The molecule has 0 heterocycles. The third-order valence-corrected chi connectivity index (χ3v) is 0.588. The second kappa shape index (κ2) is 4.07. The van der Waals surface area contributed by atoms with Gasteiger partial charge in [0.25, 0.3) is 0 Å². The van der Waals surface area contributed by atoms with Crippen LogP contribution in [0.2, 0.25) is 0 Å². The fourth-order valence-electron chi connectivity index (χ4n) is 0.244. The molecule has 0 aliphatic carbocycles. The van der Waals surface area contributed by atoms with E-state index in [9.17, 15) is 4.79 Å². The Balaban J connectivity index is 3.54. The molecule has 0 rings (SSSR count). The lowest BCUT2D eigenvalue weighted by Crippen LogP contribution is -2.36. The van der Waals surface area contributed by atoms with Crippen LogP contribution in [0.25, 0.3) is 0 Å². The lowest BCUT2D eigenvalue weighted by atomic mass is 11.0. The highest BCUT2D eigenvalue weighted by atomic mass is 16.8. The van der Waals surface area contributed by atoms with Gasteiger partial charge in [0.05, 0.1) is 0 Å². The van der Waals surface area contributed by atoms with Gasteiger partial charge in [-0.15, -0.1) is 0 Å². The molecule has 0 spiro atoms. The quantitative estimate of drug-likeness (QED) is 0.315. The Hall–Kier alpha value is -0.850. The lowest BCUT2D eigenvalue weighted by Gasteiger charge is -2.13. The molecule has 0 aromatic carbocycles. The van der Waals surface area contributed by atoms with Crippen molar-refractivity contribution in [1.29, 1.82) is 0 Å². The molecular formula is C3H8N2O4. The normalized spacial score (nSPS) is 9.11. The molecule has 0 unspecified atom stereocenters. The van der Waals surface area contributed by atoms with Gasteiger partial charge in [-0.05, 0) is 0 Å². The molecule has 6 nitrogen and oxygen atoms in total. The molecule has 2 amide bonds. The second-order valence-electron chi connectivity index (χ2n) is 1.12. The maximum absolute atomic E-state index is 10.1. The first-order chi connectivity index (χ1) is 4.22. The highest BCUT2D eigenvalue weighted by Gasteiger charge is 2.05. The van der Waals surface area contributed by atoms with Crippen LogP contribution in [0.4, 0.5) is 4.79 Å². The highest BCUT2D eigenvalue weighted by Crippen LogP contribution is 1.84. The predicted molar refractivity (Wildman–Crippen MR) is 26.7 cm³/mol. The molecule has 0 saturated heterocycles. The Labute approximate surface area is 51.4 Å². The van der Waals surface area contributed by atoms with Crippen molar-refractivity contribution in [1.82, 2.24) is 5.06 Å². The summed E-state index contributed by atoms with van der Waals surface area (Å²) in [7, 11) is 0. The van der Waals surface area contributed by atoms with Gasteiger partial charge in [-0.2, -0.15) is 5.06 Å². The zero-order chi connectivity index (χ0) is 7.28. The zero-order valence-corrected chi connectivity index (χ0v) is 4.65. The summed E-state index contributed by atoms with van der Waals surface area (Å²) >= 11 is 0. The van der Waals surface area contributed by atoms with Crippen LogP contribution in [-0.4, -0.2) is 34.8 Å². The van der Waals surface area contributed by atoms with E-state index < -0.39 is 19.6 Å². The molecule has 0 aromatic heterocycles. The summed E-state index contributed by atoms with van der Waals surface area (Å²) in [5, 5.41) is 16.7. The topological polar surface area (TPSA) is 96.0 Å². The van der Waals surface area contributed by atoms with E-state index in [0.717, 1.165) is 0 Å². The van der Waals surface area contributed by atoms with E-state index in [1.165, 1.54) is 0 Å². The number of amides is 2. The number of urea groups is 1. The van der Waals surface area contributed by atoms with Crippen LogP contribution < -0.4 is 5.73 Å². The number of rotatable bonds is 3.